The first-order valence-corrected chi connectivity index (χ1v) is 9.07. The van der Waals surface area contributed by atoms with E-state index < -0.39 is 0 Å². The van der Waals surface area contributed by atoms with Crippen molar-refractivity contribution in [3.8, 4) is 0 Å². The molecule has 136 valence electrons. The van der Waals surface area contributed by atoms with Gasteiger partial charge in [0.25, 0.3) is 5.91 Å². The van der Waals surface area contributed by atoms with Crippen LogP contribution in [0, 0.1) is 17.8 Å². The van der Waals surface area contributed by atoms with Gasteiger partial charge < -0.3 is 5.32 Å². The zero-order valence-electron chi connectivity index (χ0n) is 15.0. The number of carbonyl (C=O) groups excluding carboxylic acids is 3. The predicted octanol–water partition coefficient (Wildman–Crippen LogP) is 3.64. The minimum absolute atomic E-state index is 0.0368. The van der Waals surface area contributed by atoms with Crippen LogP contribution in [-0.2, 0) is 9.59 Å². The summed E-state index contributed by atoms with van der Waals surface area (Å²) in [6.45, 7) is 1.96. The van der Waals surface area contributed by atoms with Crippen LogP contribution < -0.4 is 10.2 Å². The second-order valence-corrected chi connectivity index (χ2v) is 7.04. The Hall–Kier alpha value is -3.21. The number of carbonyl (C=O) groups is 3. The number of fused-ring (bicyclic) bond motifs is 1. The van der Waals surface area contributed by atoms with E-state index in [2.05, 4.69) is 5.32 Å². The fraction of sp³-hybridized carbons (Fsp3) is 0.227. The number of nitrogens with zero attached hydrogens (tertiary/aromatic N) is 1. The highest BCUT2D eigenvalue weighted by atomic mass is 16.2. The molecule has 0 spiro atoms. The number of para-hydroxylation sites is 1. The van der Waals surface area contributed by atoms with E-state index in [1.54, 1.807) is 36.4 Å². The molecule has 1 aliphatic heterocycles. The molecule has 0 bridgehead atoms. The standard InChI is InChI=1S/C22H20N2O3/c1-14-7-5-12-18-19(14)22(27)24(21(18)26)17-11-6-8-15(13-17)20(25)23-16-9-3-2-4-10-16/h2-11,13-14,18-19H,12H2,1H3,(H,23,25)/t14-,18+,19+/m0/s1. The summed E-state index contributed by atoms with van der Waals surface area (Å²) in [5, 5.41) is 2.82. The van der Waals surface area contributed by atoms with Gasteiger partial charge >= 0.3 is 0 Å². The van der Waals surface area contributed by atoms with Gasteiger partial charge in [-0.25, -0.2) is 0 Å². The van der Waals surface area contributed by atoms with Crippen LogP contribution in [0.25, 0.3) is 0 Å². The maximum absolute atomic E-state index is 12.9. The van der Waals surface area contributed by atoms with Crippen molar-refractivity contribution in [1.82, 2.24) is 0 Å². The molecular weight excluding hydrogens is 340 g/mol. The number of allylic oxidation sites excluding steroid dienone is 2. The Morgan fingerprint density at radius 3 is 2.56 bits per heavy atom. The van der Waals surface area contributed by atoms with Crippen LogP contribution in [0.5, 0.6) is 0 Å². The van der Waals surface area contributed by atoms with Crippen molar-refractivity contribution in [3.63, 3.8) is 0 Å². The zero-order valence-corrected chi connectivity index (χ0v) is 15.0. The third kappa shape index (κ3) is 3.05. The topological polar surface area (TPSA) is 66.5 Å². The van der Waals surface area contributed by atoms with Crippen LogP contribution in [0.4, 0.5) is 11.4 Å². The van der Waals surface area contributed by atoms with Gasteiger partial charge in [-0.1, -0.05) is 43.3 Å². The predicted molar refractivity (Wildman–Crippen MR) is 103 cm³/mol. The van der Waals surface area contributed by atoms with Gasteiger partial charge in [-0.3, -0.25) is 19.3 Å². The molecule has 2 aliphatic rings. The Labute approximate surface area is 157 Å². The van der Waals surface area contributed by atoms with Crippen LogP contribution in [-0.4, -0.2) is 17.7 Å². The fourth-order valence-electron chi connectivity index (χ4n) is 3.91. The first-order chi connectivity index (χ1) is 13.1. The number of hydrogen-bond donors (Lipinski definition) is 1. The van der Waals surface area contributed by atoms with Crippen LogP contribution in [0.2, 0.25) is 0 Å². The molecule has 0 unspecified atom stereocenters. The number of anilines is 2. The van der Waals surface area contributed by atoms with Gasteiger partial charge in [-0.05, 0) is 42.7 Å². The quantitative estimate of drug-likeness (QED) is 0.671. The van der Waals surface area contributed by atoms with Gasteiger partial charge in [0.05, 0.1) is 17.5 Å². The van der Waals surface area contributed by atoms with Gasteiger partial charge in [-0.2, -0.15) is 0 Å². The maximum Gasteiger partial charge on any atom is 0.255 e. The Morgan fingerprint density at radius 1 is 1.04 bits per heavy atom. The molecule has 4 rings (SSSR count). The van der Waals surface area contributed by atoms with Crippen molar-refractivity contribution >= 4 is 29.1 Å². The molecule has 1 heterocycles. The van der Waals surface area contributed by atoms with Gasteiger partial charge in [0.15, 0.2) is 0 Å². The SMILES string of the molecule is C[C@H]1C=CC[C@H]2C(=O)N(c3cccc(C(=O)Nc4ccccc4)c3)C(=O)[C@H]12. The summed E-state index contributed by atoms with van der Waals surface area (Å²) < 4.78 is 0. The molecule has 27 heavy (non-hydrogen) atoms. The maximum atomic E-state index is 12.9. The van der Waals surface area contributed by atoms with Crippen molar-refractivity contribution in [2.45, 2.75) is 13.3 Å². The normalized spacial score (nSPS) is 24.0. The van der Waals surface area contributed by atoms with Crippen molar-refractivity contribution in [1.29, 1.82) is 0 Å². The van der Waals surface area contributed by atoms with Gasteiger partial charge in [-0.15, -0.1) is 0 Å². The number of benzene rings is 2. The largest absolute Gasteiger partial charge is 0.322 e. The highest BCUT2D eigenvalue weighted by Gasteiger charge is 2.50. The van der Waals surface area contributed by atoms with Crippen LogP contribution in [0.1, 0.15) is 23.7 Å². The molecule has 2 aromatic rings. The minimum atomic E-state index is -0.315. The zero-order chi connectivity index (χ0) is 19.0. The summed E-state index contributed by atoms with van der Waals surface area (Å²) >= 11 is 0. The van der Waals surface area contributed by atoms with E-state index in [0.717, 1.165) is 0 Å². The third-order valence-electron chi connectivity index (χ3n) is 5.27. The number of imide groups is 1. The first-order valence-electron chi connectivity index (χ1n) is 9.07. The molecule has 5 nitrogen and oxygen atoms in total. The van der Waals surface area contributed by atoms with Crippen molar-refractivity contribution in [2.24, 2.45) is 17.8 Å². The summed E-state index contributed by atoms with van der Waals surface area (Å²) in [7, 11) is 0. The number of hydrogen-bond acceptors (Lipinski definition) is 3. The molecule has 0 aromatic heterocycles. The number of rotatable bonds is 3. The fourth-order valence-corrected chi connectivity index (χ4v) is 3.91. The lowest BCUT2D eigenvalue weighted by molar-refractivity contribution is -0.122. The van der Waals surface area contributed by atoms with E-state index >= 15 is 0 Å². The first kappa shape index (κ1) is 17.2. The average molecular weight is 360 g/mol. The highest BCUT2D eigenvalue weighted by Crippen LogP contribution is 2.40. The molecule has 1 fully saturated rings. The lowest BCUT2D eigenvalue weighted by Gasteiger charge is -2.22. The number of amides is 3. The van der Waals surface area contributed by atoms with E-state index in [-0.39, 0.29) is 35.5 Å². The van der Waals surface area contributed by atoms with Gasteiger partial charge in [0, 0.05) is 11.3 Å². The van der Waals surface area contributed by atoms with E-state index in [4.69, 9.17) is 0 Å². The second kappa shape index (κ2) is 6.83. The molecule has 1 aliphatic carbocycles. The van der Waals surface area contributed by atoms with Crippen LogP contribution in [0.15, 0.2) is 66.7 Å². The molecule has 3 amide bonds. The average Bonchev–Trinajstić information content (AvgIpc) is 2.94. The van der Waals surface area contributed by atoms with E-state index in [9.17, 15) is 14.4 Å². The lowest BCUT2D eigenvalue weighted by atomic mass is 9.78. The van der Waals surface area contributed by atoms with E-state index in [1.807, 2.05) is 37.3 Å². The van der Waals surface area contributed by atoms with E-state index in [0.29, 0.717) is 23.4 Å². The Bertz CT molecular complexity index is 936. The summed E-state index contributed by atoms with van der Waals surface area (Å²) in [4.78, 5) is 39.5. The molecule has 5 heteroatoms. The molecule has 2 aromatic carbocycles. The Balaban J connectivity index is 1.60. The van der Waals surface area contributed by atoms with Crippen molar-refractivity contribution in [3.05, 3.63) is 72.3 Å². The number of nitrogens with one attached hydrogen (secondary N) is 1. The highest BCUT2D eigenvalue weighted by molar-refractivity contribution is 6.22. The van der Waals surface area contributed by atoms with Crippen molar-refractivity contribution in [2.75, 3.05) is 10.2 Å². The van der Waals surface area contributed by atoms with Crippen LogP contribution in [0.3, 0.4) is 0 Å². The second-order valence-electron chi connectivity index (χ2n) is 7.04. The summed E-state index contributed by atoms with van der Waals surface area (Å²) in [6, 6.07) is 15.8. The van der Waals surface area contributed by atoms with Crippen molar-refractivity contribution < 1.29 is 14.4 Å². The van der Waals surface area contributed by atoms with Crippen LogP contribution >= 0.6 is 0 Å². The molecule has 1 N–H and O–H groups in total. The molecular formula is C22H20N2O3. The third-order valence-corrected chi connectivity index (χ3v) is 5.27. The molecule has 1 saturated heterocycles. The Kier molecular flexibility index (Phi) is 4.36. The molecule has 0 saturated carbocycles. The monoisotopic (exact) mass is 360 g/mol. The summed E-state index contributed by atoms with van der Waals surface area (Å²) in [5.74, 6) is -1.22. The molecule has 3 atom stereocenters. The lowest BCUT2D eigenvalue weighted by Crippen LogP contribution is -2.31. The Morgan fingerprint density at radius 2 is 1.81 bits per heavy atom. The minimum Gasteiger partial charge on any atom is -0.322 e. The van der Waals surface area contributed by atoms with Gasteiger partial charge in [0.1, 0.15) is 0 Å². The molecule has 0 radical (unpaired) electrons. The van der Waals surface area contributed by atoms with E-state index in [1.165, 1.54) is 4.90 Å². The van der Waals surface area contributed by atoms with Gasteiger partial charge in [0.2, 0.25) is 11.8 Å². The summed E-state index contributed by atoms with van der Waals surface area (Å²) in [6.07, 6.45) is 4.56. The smallest absolute Gasteiger partial charge is 0.255 e. The summed E-state index contributed by atoms with van der Waals surface area (Å²) in [5.41, 5.74) is 1.54.